The average Bonchev–Trinajstić information content (AvgIpc) is 2.89. The molecule has 46 heavy (non-hydrogen) atoms. The Hall–Kier alpha value is -3.68. The van der Waals surface area contributed by atoms with Gasteiger partial charge >= 0.3 is 23.9 Å². The summed E-state index contributed by atoms with van der Waals surface area (Å²) in [6.45, 7) is 25.4. The van der Waals surface area contributed by atoms with Crippen molar-refractivity contribution in [3.63, 3.8) is 0 Å². The minimum absolute atomic E-state index is 0.188. The lowest BCUT2D eigenvalue weighted by Gasteiger charge is -2.23. The molecule has 2 aromatic carbocycles. The predicted octanol–water partition coefficient (Wildman–Crippen LogP) is 8.55. The van der Waals surface area contributed by atoms with Crippen LogP contribution < -0.4 is 18.9 Å². The van der Waals surface area contributed by atoms with E-state index in [0.717, 1.165) is 11.1 Å². The van der Waals surface area contributed by atoms with Crippen LogP contribution in [0.5, 0.6) is 23.0 Å². The molecule has 0 saturated heterocycles. The van der Waals surface area contributed by atoms with Crippen molar-refractivity contribution < 1.29 is 38.1 Å². The highest BCUT2D eigenvalue weighted by atomic mass is 16.6. The molecule has 0 unspecified atom stereocenters. The normalized spacial score (nSPS) is 13.8. The molecule has 2 atom stereocenters. The topological polar surface area (TPSA) is 105 Å². The fourth-order valence-electron chi connectivity index (χ4n) is 3.84. The first-order valence-electron chi connectivity index (χ1n) is 15.9. The summed E-state index contributed by atoms with van der Waals surface area (Å²) in [6, 6.07) is 10.6. The number of carbonyl (C=O) groups is 4. The predicted molar refractivity (Wildman–Crippen MR) is 179 cm³/mol. The van der Waals surface area contributed by atoms with E-state index in [1.807, 2.05) is 12.1 Å². The number of esters is 4. The van der Waals surface area contributed by atoms with Gasteiger partial charge in [0.25, 0.3) is 0 Å². The SMILES string of the molecule is C[C@H](Cc1ccc(OC(=O)C(C)(C)C)c(OC(=O)C(C)(C)C)c1)[C@@H](C)Cc1ccc(OC(=O)C(C)(C)C)c(OC(=O)C(C)(C)C)c1. The van der Waals surface area contributed by atoms with E-state index < -0.39 is 45.5 Å². The van der Waals surface area contributed by atoms with Crippen LogP contribution in [0.15, 0.2) is 36.4 Å². The van der Waals surface area contributed by atoms with E-state index in [0.29, 0.717) is 12.8 Å². The Bertz CT molecular complexity index is 1320. The third-order valence-electron chi connectivity index (χ3n) is 7.36. The van der Waals surface area contributed by atoms with Crippen molar-refractivity contribution in [1.82, 2.24) is 0 Å². The van der Waals surface area contributed by atoms with Crippen LogP contribution >= 0.6 is 0 Å². The molecular formula is C38H54O8. The van der Waals surface area contributed by atoms with Crippen molar-refractivity contribution in [2.45, 2.75) is 110 Å². The Balaban J connectivity index is 2.32. The molecule has 2 aromatic rings. The molecule has 8 nitrogen and oxygen atoms in total. The lowest BCUT2D eigenvalue weighted by atomic mass is 9.85. The number of carbonyl (C=O) groups excluding carboxylic acids is 4. The van der Waals surface area contributed by atoms with Gasteiger partial charge in [-0.2, -0.15) is 0 Å². The van der Waals surface area contributed by atoms with Crippen molar-refractivity contribution in [2.75, 3.05) is 0 Å². The van der Waals surface area contributed by atoms with Gasteiger partial charge in [0.1, 0.15) is 0 Å². The first-order chi connectivity index (χ1) is 20.8. The van der Waals surface area contributed by atoms with Gasteiger partial charge in [-0.05, 0) is 143 Å². The molecule has 8 heteroatoms. The number of benzene rings is 2. The monoisotopic (exact) mass is 638 g/mol. The third-order valence-corrected chi connectivity index (χ3v) is 7.36. The van der Waals surface area contributed by atoms with Gasteiger partial charge in [-0.3, -0.25) is 19.2 Å². The van der Waals surface area contributed by atoms with Gasteiger partial charge in [0, 0.05) is 0 Å². The molecule has 0 aliphatic carbocycles. The maximum atomic E-state index is 12.8. The fraction of sp³-hybridized carbons (Fsp3) is 0.579. The smallest absolute Gasteiger partial charge is 0.316 e. The van der Waals surface area contributed by atoms with Crippen LogP contribution in [0, 0.1) is 33.5 Å². The van der Waals surface area contributed by atoms with Gasteiger partial charge in [-0.15, -0.1) is 0 Å². The Kier molecular flexibility index (Phi) is 12.0. The summed E-state index contributed by atoms with van der Waals surface area (Å²) in [5.41, 5.74) is -1.10. The van der Waals surface area contributed by atoms with Crippen LogP contribution in [0.2, 0.25) is 0 Å². The zero-order valence-electron chi connectivity index (χ0n) is 30.3. The second-order valence-corrected chi connectivity index (χ2v) is 16.5. The summed E-state index contributed by atoms with van der Waals surface area (Å²) >= 11 is 0. The molecule has 0 aliphatic heterocycles. The van der Waals surface area contributed by atoms with Gasteiger partial charge in [0.05, 0.1) is 21.7 Å². The average molecular weight is 639 g/mol. The third kappa shape index (κ3) is 11.3. The van der Waals surface area contributed by atoms with Crippen molar-refractivity contribution in [3.8, 4) is 23.0 Å². The second-order valence-electron chi connectivity index (χ2n) is 16.5. The molecule has 0 aliphatic rings. The van der Waals surface area contributed by atoms with E-state index in [2.05, 4.69) is 13.8 Å². The van der Waals surface area contributed by atoms with Gasteiger partial charge in [-0.1, -0.05) is 26.0 Å². The van der Waals surface area contributed by atoms with Crippen LogP contribution in [0.3, 0.4) is 0 Å². The molecule has 0 heterocycles. The molecule has 0 aromatic heterocycles. The van der Waals surface area contributed by atoms with Crippen molar-refractivity contribution in [2.24, 2.45) is 33.5 Å². The lowest BCUT2D eigenvalue weighted by molar-refractivity contribution is -0.145. The molecule has 0 N–H and O–H groups in total. The minimum Gasteiger partial charge on any atom is -0.422 e. The van der Waals surface area contributed by atoms with Crippen molar-refractivity contribution in [1.29, 1.82) is 0 Å². The fourth-order valence-corrected chi connectivity index (χ4v) is 3.84. The summed E-state index contributed by atoms with van der Waals surface area (Å²) < 4.78 is 22.7. The Labute approximate surface area is 275 Å². The molecule has 0 amide bonds. The summed E-state index contributed by atoms with van der Waals surface area (Å²) in [6.07, 6.45) is 1.34. The highest BCUT2D eigenvalue weighted by molar-refractivity contribution is 5.82. The molecule has 254 valence electrons. The van der Waals surface area contributed by atoms with E-state index >= 15 is 0 Å². The lowest BCUT2D eigenvalue weighted by Crippen LogP contribution is -2.28. The van der Waals surface area contributed by atoms with Crippen LogP contribution in [0.4, 0.5) is 0 Å². The van der Waals surface area contributed by atoms with Crippen LogP contribution in [0.1, 0.15) is 108 Å². The minimum atomic E-state index is -0.746. The van der Waals surface area contributed by atoms with E-state index in [1.165, 1.54) is 0 Å². The van der Waals surface area contributed by atoms with E-state index in [9.17, 15) is 19.2 Å². The summed E-state index contributed by atoms with van der Waals surface area (Å²) in [5, 5.41) is 0. The number of ether oxygens (including phenoxy) is 4. The Morgan fingerprint density at radius 2 is 0.696 bits per heavy atom. The first-order valence-corrected chi connectivity index (χ1v) is 15.9. The van der Waals surface area contributed by atoms with Crippen molar-refractivity contribution >= 4 is 23.9 Å². The van der Waals surface area contributed by atoms with E-state index in [4.69, 9.17) is 18.9 Å². The maximum Gasteiger partial charge on any atom is 0.316 e. The molecule has 0 bridgehead atoms. The van der Waals surface area contributed by atoms with Gasteiger partial charge in [-0.25, -0.2) is 0 Å². The number of hydrogen-bond acceptors (Lipinski definition) is 8. The summed E-state index contributed by atoms with van der Waals surface area (Å²) in [7, 11) is 0. The van der Waals surface area contributed by atoms with Crippen LogP contribution in [-0.4, -0.2) is 23.9 Å². The zero-order valence-corrected chi connectivity index (χ0v) is 30.3. The molecule has 0 fully saturated rings. The van der Waals surface area contributed by atoms with E-state index in [1.54, 1.807) is 107 Å². The Morgan fingerprint density at radius 1 is 0.457 bits per heavy atom. The van der Waals surface area contributed by atoms with E-state index in [-0.39, 0.29) is 34.8 Å². The van der Waals surface area contributed by atoms with Gasteiger partial charge in [0.15, 0.2) is 23.0 Å². The number of hydrogen-bond donors (Lipinski definition) is 0. The largest absolute Gasteiger partial charge is 0.422 e. The summed E-state index contributed by atoms with van der Waals surface area (Å²) in [4.78, 5) is 50.8. The zero-order chi connectivity index (χ0) is 35.4. The molecule has 0 spiro atoms. The van der Waals surface area contributed by atoms with Gasteiger partial charge in [0.2, 0.25) is 0 Å². The molecular weight excluding hydrogens is 584 g/mol. The second kappa shape index (κ2) is 14.4. The maximum absolute atomic E-state index is 12.8. The highest BCUT2D eigenvalue weighted by Crippen LogP contribution is 2.36. The standard InChI is InChI=1S/C38H54O8/c1-23(19-25-15-17-27(43-31(39)35(3,4)5)29(21-25)45-33(41)37(9,10)11)24(2)20-26-16-18-28(44-32(40)36(6,7)8)30(22-26)46-34(42)38(12,13)14/h15-18,21-24H,19-20H2,1-14H3/t23-,24+. The van der Waals surface area contributed by atoms with Crippen LogP contribution in [-0.2, 0) is 32.0 Å². The highest BCUT2D eigenvalue weighted by Gasteiger charge is 2.30. The number of rotatable bonds is 9. The molecule has 0 radical (unpaired) electrons. The first kappa shape index (κ1) is 38.5. The van der Waals surface area contributed by atoms with Crippen molar-refractivity contribution in [3.05, 3.63) is 47.5 Å². The molecule has 0 saturated carbocycles. The van der Waals surface area contributed by atoms with Crippen LogP contribution in [0.25, 0.3) is 0 Å². The Morgan fingerprint density at radius 3 is 0.935 bits per heavy atom. The summed E-state index contributed by atoms with van der Waals surface area (Å²) in [5.74, 6) is -0.526. The molecule has 2 rings (SSSR count). The van der Waals surface area contributed by atoms with Gasteiger partial charge < -0.3 is 18.9 Å². The quantitative estimate of drug-likeness (QED) is 0.199.